The number of unbranched alkanes of at least 4 members (excludes halogenated alkanes) is 2. The zero-order chi connectivity index (χ0) is 12.0. The summed E-state index contributed by atoms with van der Waals surface area (Å²) in [5.41, 5.74) is 0. The van der Waals surface area contributed by atoms with E-state index in [0.29, 0.717) is 6.42 Å². The first-order chi connectivity index (χ1) is 7.66. The first kappa shape index (κ1) is 13.0. The Morgan fingerprint density at radius 1 is 1.56 bits per heavy atom. The second-order valence-corrected chi connectivity index (χ2v) is 4.55. The molecule has 0 aromatic rings. The van der Waals surface area contributed by atoms with Crippen molar-refractivity contribution < 1.29 is 9.90 Å². The minimum absolute atomic E-state index is 0.238. The van der Waals surface area contributed by atoms with E-state index in [1.165, 1.54) is 0 Å². The van der Waals surface area contributed by atoms with Crippen molar-refractivity contribution in [3.8, 4) is 6.07 Å². The number of nitrogens with zero attached hydrogens (tertiary/aromatic N) is 2. The molecule has 1 rings (SSSR count). The topological polar surface area (TPSA) is 64.3 Å². The van der Waals surface area contributed by atoms with Gasteiger partial charge in [-0.2, -0.15) is 5.26 Å². The molecule has 1 fully saturated rings. The zero-order valence-electron chi connectivity index (χ0n) is 9.85. The Hall–Kier alpha value is -1.08. The Labute approximate surface area is 96.9 Å². The lowest BCUT2D eigenvalue weighted by atomic mass is 9.90. The molecule has 1 aliphatic heterocycles. The van der Waals surface area contributed by atoms with Gasteiger partial charge in [0.2, 0.25) is 0 Å². The summed E-state index contributed by atoms with van der Waals surface area (Å²) in [6.45, 7) is 3.71. The molecule has 0 bridgehead atoms. The van der Waals surface area contributed by atoms with Gasteiger partial charge < -0.3 is 5.11 Å². The first-order valence-corrected chi connectivity index (χ1v) is 6.00. The number of rotatable bonds is 5. The van der Waals surface area contributed by atoms with E-state index in [-0.39, 0.29) is 12.0 Å². The number of piperidine rings is 1. The summed E-state index contributed by atoms with van der Waals surface area (Å²) < 4.78 is 0. The Kier molecular flexibility index (Phi) is 5.27. The van der Waals surface area contributed by atoms with Gasteiger partial charge >= 0.3 is 5.97 Å². The maximum absolute atomic E-state index is 11.2. The van der Waals surface area contributed by atoms with E-state index in [1.54, 1.807) is 0 Å². The Bertz CT molecular complexity index is 273. The fraction of sp³-hybridized carbons (Fsp3) is 0.833. The van der Waals surface area contributed by atoms with Gasteiger partial charge in [-0.05, 0) is 44.7 Å². The van der Waals surface area contributed by atoms with Crippen molar-refractivity contribution in [2.45, 2.75) is 45.1 Å². The summed E-state index contributed by atoms with van der Waals surface area (Å²) in [5.74, 6) is -0.463. The van der Waals surface area contributed by atoms with Crippen LogP contribution in [-0.4, -0.2) is 35.1 Å². The fourth-order valence-corrected chi connectivity index (χ4v) is 2.44. The van der Waals surface area contributed by atoms with Gasteiger partial charge in [0.1, 0.15) is 6.04 Å². The number of likely N-dealkylation sites (tertiary alicyclic amines) is 1. The molecule has 0 radical (unpaired) electrons. The fourth-order valence-electron chi connectivity index (χ4n) is 2.44. The Morgan fingerprint density at radius 2 is 2.31 bits per heavy atom. The van der Waals surface area contributed by atoms with Gasteiger partial charge in [-0.3, -0.25) is 9.69 Å². The third-order valence-corrected chi connectivity index (χ3v) is 3.27. The van der Waals surface area contributed by atoms with Crippen LogP contribution < -0.4 is 0 Å². The number of hydrogen-bond donors (Lipinski definition) is 1. The summed E-state index contributed by atoms with van der Waals surface area (Å²) in [7, 11) is 0. The number of nitriles is 1. The quantitative estimate of drug-likeness (QED) is 0.724. The molecule has 90 valence electrons. The summed E-state index contributed by atoms with van der Waals surface area (Å²) >= 11 is 0. The van der Waals surface area contributed by atoms with Crippen LogP contribution in [0.2, 0.25) is 0 Å². The van der Waals surface area contributed by atoms with Gasteiger partial charge in [-0.15, -0.1) is 0 Å². The number of aliphatic carboxylic acids is 1. The molecule has 1 heterocycles. The molecule has 4 heteroatoms. The summed E-state index contributed by atoms with van der Waals surface area (Å²) in [6, 6.07) is 1.79. The van der Waals surface area contributed by atoms with Crippen LogP contribution in [0.15, 0.2) is 0 Å². The number of carboxylic acids is 1. The molecular weight excluding hydrogens is 204 g/mol. The summed E-state index contributed by atoms with van der Waals surface area (Å²) in [4.78, 5) is 13.2. The van der Waals surface area contributed by atoms with Crippen molar-refractivity contribution in [3.05, 3.63) is 0 Å². The van der Waals surface area contributed by atoms with Crippen LogP contribution in [0, 0.1) is 17.2 Å². The molecule has 0 aliphatic carbocycles. The molecule has 16 heavy (non-hydrogen) atoms. The van der Waals surface area contributed by atoms with Gasteiger partial charge in [0, 0.05) is 6.42 Å². The lowest BCUT2D eigenvalue weighted by Gasteiger charge is -2.37. The van der Waals surface area contributed by atoms with Gasteiger partial charge in [0.25, 0.3) is 0 Å². The van der Waals surface area contributed by atoms with Crippen LogP contribution in [0.1, 0.15) is 39.0 Å². The monoisotopic (exact) mass is 224 g/mol. The van der Waals surface area contributed by atoms with Gasteiger partial charge in [0.05, 0.1) is 6.07 Å². The standard InChI is InChI=1S/C12H20N2O2/c1-10-6-5-9-14(11(10)12(15)16)8-4-2-3-7-13/h10-11H,2-6,8-9H2,1H3,(H,15,16). The highest BCUT2D eigenvalue weighted by Gasteiger charge is 2.33. The molecule has 0 amide bonds. The molecule has 2 unspecified atom stereocenters. The van der Waals surface area contributed by atoms with E-state index in [0.717, 1.165) is 38.8 Å². The average molecular weight is 224 g/mol. The zero-order valence-corrected chi connectivity index (χ0v) is 9.85. The summed E-state index contributed by atoms with van der Waals surface area (Å²) in [5, 5.41) is 17.6. The molecule has 0 saturated carbocycles. The second-order valence-electron chi connectivity index (χ2n) is 4.55. The Balaban J connectivity index is 2.42. The van der Waals surface area contributed by atoms with E-state index in [2.05, 4.69) is 11.0 Å². The van der Waals surface area contributed by atoms with E-state index >= 15 is 0 Å². The van der Waals surface area contributed by atoms with E-state index in [1.807, 2.05) is 6.92 Å². The minimum atomic E-state index is -0.701. The van der Waals surface area contributed by atoms with Crippen LogP contribution in [-0.2, 0) is 4.79 Å². The highest BCUT2D eigenvalue weighted by atomic mass is 16.4. The Morgan fingerprint density at radius 3 is 2.94 bits per heavy atom. The van der Waals surface area contributed by atoms with Crippen LogP contribution in [0.4, 0.5) is 0 Å². The normalized spacial score (nSPS) is 26.2. The predicted octanol–water partition coefficient (Wildman–Crippen LogP) is 1.87. The van der Waals surface area contributed by atoms with Crippen LogP contribution in [0.5, 0.6) is 0 Å². The molecule has 1 aliphatic rings. The van der Waals surface area contributed by atoms with Crippen LogP contribution in [0.25, 0.3) is 0 Å². The lowest BCUT2D eigenvalue weighted by Crippen LogP contribution is -2.49. The van der Waals surface area contributed by atoms with Crippen molar-refractivity contribution in [2.24, 2.45) is 5.92 Å². The molecule has 2 atom stereocenters. The van der Waals surface area contributed by atoms with Crippen molar-refractivity contribution in [3.63, 3.8) is 0 Å². The average Bonchev–Trinajstić information content (AvgIpc) is 2.24. The molecule has 0 spiro atoms. The lowest BCUT2D eigenvalue weighted by molar-refractivity contribution is -0.146. The third-order valence-electron chi connectivity index (χ3n) is 3.27. The predicted molar refractivity (Wildman–Crippen MR) is 60.9 cm³/mol. The third kappa shape index (κ3) is 3.49. The van der Waals surface area contributed by atoms with Crippen molar-refractivity contribution in [2.75, 3.05) is 13.1 Å². The van der Waals surface area contributed by atoms with Gasteiger partial charge in [0.15, 0.2) is 0 Å². The molecule has 1 saturated heterocycles. The van der Waals surface area contributed by atoms with E-state index < -0.39 is 5.97 Å². The number of hydrogen-bond acceptors (Lipinski definition) is 3. The van der Waals surface area contributed by atoms with Crippen molar-refractivity contribution in [1.82, 2.24) is 4.90 Å². The van der Waals surface area contributed by atoms with Gasteiger partial charge in [-0.25, -0.2) is 0 Å². The number of carboxylic acid groups (broad SMARTS) is 1. The maximum Gasteiger partial charge on any atom is 0.321 e. The first-order valence-electron chi connectivity index (χ1n) is 6.00. The molecule has 1 N–H and O–H groups in total. The van der Waals surface area contributed by atoms with Crippen molar-refractivity contribution >= 4 is 5.97 Å². The smallest absolute Gasteiger partial charge is 0.321 e. The SMILES string of the molecule is CC1CCCN(CCCCC#N)C1C(=O)O. The van der Waals surface area contributed by atoms with Crippen LogP contribution in [0.3, 0.4) is 0 Å². The van der Waals surface area contributed by atoms with Crippen molar-refractivity contribution in [1.29, 1.82) is 5.26 Å². The summed E-state index contributed by atoms with van der Waals surface area (Å²) in [6.07, 6.45) is 4.45. The molecule has 4 nitrogen and oxygen atoms in total. The van der Waals surface area contributed by atoms with E-state index in [9.17, 15) is 9.90 Å². The number of carbonyl (C=O) groups is 1. The highest BCUT2D eigenvalue weighted by molar-refractivity contribution is 5.74. The largest absolute Gasteiger partial charge is 0.480 e. The maximum atomic E-state index is 11.2. The molecule has 0 aromatic heterocycles. The van der Waals surface area contributed by atoms with Crippen LogP contribution >= 0.6 is 0 Å². The van der Waals surface area contributed by atoms with Gasteiger partial charge in [-0.1, -0.05) is 6.92 Å². The molecular formula is C12H20N2O2. The highest BCUT2D eigenvalue weighted by Crippen LogP contribution is 2.23. The molecule has 0 aromatic carbocycles. The minimum Gasteiger partial charge on any atom is -0.480 e. The second kappa shape index (κ2) is 6.49. The van der Waals surface area contributed by atoms with E-state index in [4.69, 9.17) is 5.26 Å².